The lowest BCUT2D eigenvalue weighted by molar-refractivity contribution is -0.161. The zero-order chi connectivity index (χ0) is 72.4. The smallest absolute Gasteiger partial charge is 0.462 e. The largest absolute Gasteiger partial charge is 0.472 e. The van der Waals surface area contributed by atoms with Crippen molar-refractivity contribution in [3.8, 4) is 0 Å². The van der Waals surface area contributed by atoms with Gasteiger partial charge in [-0.1, -0.05) is 351 Å². The lowest BCUT2D eigenvalue weighted by Gasteiger charge is -2.21. The van der Waals surface area contributed by atoms with Gasteiger partial charge < -0.3 is 33.8 Å². The normalized spacial score (nSPS) is 14.6. The van der Waals surface area contributed by atoms with Gasteiger partial charge in [-0.3, -0.25) is 37.3 Å². The van der Waals surface area contributed by atoms with Gasteiger partial charge in [0.15, 0.2) is 12.2 Å². The van der Waals surface area contributed by atoms with Crippen LogP contribution in [0.15, 0.2) is 0 Å². The SMILES string of the molecule is CCC(C)CCCCCCCCCCCCCCCCC(=O)OC[C@H](COP(=O)(O)OCC(O)COP(=O)(O)OC[C@@H](COC(=O)CCCCCCCCCC(C)C)OC(=O)CCCCCCCCCCCCCCCC(C)C)OC(=O)CCCCCCCCCCCCC(C)CC. The highest BCUT2D eigenvalue weighted by Gasteiger charge is 2.30. The highest BCUT2D eigenvalue weighted by molar-refractivity contribution is 7.47. The maximum Gasteiger partial charge on any atom is 0.472 e. The van der Waals surface area contributed by atoms with Crippen LogP contribution in [0.2, 0.25) is 0 Å². The number of phosphoric acid groups is 2. The Balaban J connectivity index is 5.24. The molecule has 582 valence electrons. The molecule has 0 rings (SSSR count). The number of rotatable bonds is 76. The van der Waals surface area contributed by atoms with Crippen molar-refractivity contribution in [2.24, 2.45) is 23.7 Å². The fourth-order valence-corrected chi connectivity index (χ4v) is 13.6. The second kappa shape index (κ2) is 68.2. The first-order valence-corrected chi connectivity index (χ1v) is 43.8. The Morgan fingerprint density at radius 3 is 0.724 bits per heavy atom. The Morgan fingerprint density at radius 1 is 0.286 bits per heavy atom. The predicted molar refractivity (Wildman–Crippen MR) is 400 cm³/mol. The minimum Gasteiger partial charge on any atom is -0.462 e. The quantitative estimate of drug-likeness (QED) is 0.0222. The molecular formula is C79H154O17P2. The summed E-state index contributed by atoms with van der Waals surface area (Å²) < 4.78 is 68.6. The Bertz CT molecular complexity index is 1920. The van der Waals surface area contributed by atoms with Crippen LogP contribution in [0.4, 0.5) is 0 Å². The molecule has 0 heterocycles. The number of ether oxygens (including phenoxy) is 4. The van der Waals surface area contributed by atoms with Gasteiger partial charge in [0.2, 0.25) is 0 Å². The molecule has 0 amide bonds. The first-order chi connectivity index (χ1) is 47.2. The Labute approximate surface area is 600 Å². The van der Waals surface area contributed by atoms with Crippen molar-refractivity contribution >= 4 is 39.5 Å². The highest BCUT2D eigenvalue weighted by Crippen LogP contribution is 2.45. The van der Waals surface area contributed by atoms with Gasteiger partial charge in [-0.2, -0.15) is 0 Å². The molecule has 0 spiro atoms. The molecule has 0 aromatic carbocycles. The number of carbonyl (C=O) groups excluding carboxylic acids is 4. The average Bonchev–Trinajstić information content (AvgIpc) is 1.03. The zero-order valence-electron chi connectivity index (χ0n) is 64.4. The maximum atomic E-state index is 13.1. The molecule has 0 bridgehead atoms. The number of unbranched alkanes of at least 4 members (excludes halogenated alkanes) is 40. The summed E-state index contributed by atoms with van der Waals surface area (Å²) in [5, 5.41) is 10.6. The van der Waals surface area contributed by atoms with E-state index in [2.05, 4.69) is 55.4 Å². The molecule has 98 heavy (non-hydrogen) atoms. The minimum absolute atomic E-state index is 0.106. The van der Waals surface area contributed by atoms with E-state index in [1.54, 1.807) is 0 Å². The topological polar surface area (TPSA) is 237 Å². The molecule has 0 aliphatic carbocycles. The van der Waals surface area contributed by atoms with Crippen LogP contribution in [0.1, 0.15) is 402 Å². The van der Waals surface area contributed by atoms with E-state index in [1.165, 1.54) is 199 Å². The van der Waals surface area contributed by atoms with Gasteiger partial charge in [0.25, 0.3) is 0 Å². The van der Waals surface area contributed by atoms with Gasteiger partial charge in [-0.25, -0.2) is 9.13 Å². The van der Waals surface area contributed by atoms with E-state index in [9.17, 15) is 43.2 Å². The highest BCUT2D eigenvalue weighted by atomic mass is 31.2. The first-order valence-electron chi connectivity index (χ1n) is 40.8. The van der Waals surface area contributed by atoms with Gasteiger partial charge in [-0.05, 0) is 49.4 Å². The number of carbonyl (C=O) groups is 4. The van der Waals surface area contributed by atoms with Crippen molar-refractivity contribution in [2.45, 2.75) is 420 Å². The summed E-state index contributed by atoms with van der Waals surface area (Å²) in [6.07, 6.45) is 54.0. The minimum atomic E-state index is -4.96. The number of hydrogen-bond donors (Lipinski definition) is 3. The lowest BCUT2D eigenvalue weighted by Crippen LogP contribution is -2.30. The summed E-state index contributed by atoms with van der Waals surface area (Å²) in [5.74, 6) is 1.03. The summed E-state index contributed by atoms with van der Waals surface area (Å²) in [4.78, 5) is 72.9. The van der Waals surface area contributed by atoms with Crippen LogP contribution in [-0.2, 0) is 65.4 Å². The second-order valence-electron chi connectivity index (χ2n) is 29.9. The molecule has 0 saturated carbocycles. The number of esters is 4. The zero-order valence-corrected chi connectivity index (χ0v) is 66.2. The van der Waals surface area contributed by atoms with E-state index in [4.69, 9.17) is 37.0 Å². The molecule has 0 saturated heterocycles. The third-order valence-electron chi connectivity index (χ3n) is 19.0. The summed E-state index contributed by atoms with van der Waals surface area (Å²) in [6.45, 7) is 14.3. The van der Waals surface area contributed by atoms with E-state index >= 15 is 0 Å². The fraction of sp³-hybridized carbons (Fsp3) is 0.949. The summed E-state index contributed by atoms with van der Waals surface area (Å²) in [5.41, 5.74) is 0. The lowest BCUT2D eigenvalue weighted by atomic mass is 9.99. The number of phosphoric ester groups is 2. The maximum absolute atomic E-state index is 13.1. The molecule has 3 N–H and O–H groups in total. The molecule has 0 aliphatic rings. The molecule has 0 radical (unpaired) electrons. The average molecular weight is 1440 g/mol. The van der Waals surface area contributed by atoms with Gasteiger partial charge >= 0.3 is 39.5 Å². The van der Waals surface area contributed by atoms with E-state index in [-0.39, 0.29) is 25.7 Å². The second-order valence-corrected chi connectivity index (χ2v) is 32.8. The van der Waals surface area contributed by atoms with Crippen LogP contribution in [0.5, 0.6) is 0 Å². The van der Waals surface area contributed by atoms with Crippen LogP contribution < -0.4 is 0 Å². The van der Waals surface area contributed by atoms with Crippen LogP contribution in [-0.4, -0.2) is 96.7 Å². The Kier molecular flexibility index (Phi) is 66.8. The first kappa shape index (κ1) is 96.1. The Hall–Kier alpha value is -1.94. The predicted octanol–water partition coefficient (Wildman–Crippen LogP) is 23.2. The monoisotopic (exact) mass is 1440 g/mol. The summed E-state index contributed by atoms with van der Waals surface area (Å²) in [7, 11) is -9.92. The van der Waals surface area contributed by atoms with E-state index in [1.807, 2.05) is 0 Å². The fourth-order valence-electron chi connectivity index (χ4n) is 12.0. The van der Waals surface area contributed by atoms with Crippen LogP contribution in [0, 0.1) is 23.7 Å². The molecule has 7 atom stereocenters. The van der Waals surface area contributed by atoms with Crippen molar-refractivity contribution in [1.29, 1.82) is 0 Å². The van der Waals surface area contributed by atoms with Crippen molar-refractivity contribution in [3.05, 3.63) is 0 Å². The number of aliphatic hydroxyl groups is 1. The number of aliphatic hydroxyl groups excluding tert-OH is 1. The van der Waals surface area contributed by atoms with Crippen molar-refractivity contribution in [3.63, 3.8) is 0 Å². The number of hydrogen-bond acceptors (Lipinski definition) is 15. The molecule has 0 aromatic rings. The third-order valence-corrected chi connectivity index (χ3v) is 20.9. The van der Waals surface area contributed by atoms with Crippen LogP contribution in [0.3, 0.4) is 0 Å². The molecule has 19 heteroatoms. The van der Waals surface area contributed by atoms with E-state index < -0.39 is 97.5 Å². The van der Waals surface area contributed by atoms with E-state index in [0.29, 0.717) is 31.6 Å². The molecular weight excluding hydrogens is 1280 g/mol. The van der Waals surface area contributed by atoms with Crippen molar-refractivity contribution < 1.29 is 80.2 Å². The molecule has 5 unspecified atom stereocenters. The molecule has 0 aromatic heterocycles. The van der Waals surface area contributed by atoms with Crippen molar-refractivity contribution in [1.82, 2.24) is 0 Å². The molecule has 0 aliphatic heterocycles. The molecule has 17 nitrogen and oxygen atoms in total. The van der Waals surface area contributed by atoms with Crippen LogP contribution in [0.25, 0.3) is 0 Å². The van der Waals surface area contributed by atoms with Gasteiger partial charge in [0.1, 0.15) is 19.3 Å². The standard InChI is InChI=1S/C79H154O17P2/c1-9-71(7)57-49-41-33-25-19-15-11-12-16-20-27-35-43-51-59-76(81)89-65-74(95-79(84)62-54-46-37-29-23-22-26-34-42-50-58-72(8)10-2)67-93-97(85,86)91-63-73(80)64-92-98(87,88)94-68-75(66-90-77(82)60-52-44-38-30-32-40-48-56-70(5)6)96-78(83)61-53-45-36-28-21-17-13-14-18-24-31-39-47-55-69(3)4/h69-75,80H,9-68H2,1-8H3,(H,85,86)(H,87,88)/t71?,72?,73?,74-,75-/m1/s1. The molecule has 0 fully saturated rings. The van der Waals surface area contributed by atoms with Crippen LogP contribution >= 0.6 is 15.6 Å². The summed E-state index contributed by atoms with van der Waals surface area (Å²) >= 11 is 0. The van der Waals surface area contributed by atoms with Gasteiger partial charge in [-0.15, -0.1) is 0 Å². The summed E-state index contributed by atoms with van der Waals surface area (Å²) in [6, 6.07) is 0. The van der Waals surface area contributed by atoms with Crippen molar-refractivity contribution in [2.75, 3.05) is 39.6 Å². The van der Waals surface area contributed by atoms with E-state index in [0.717, 1.165) is 114 Å². The van der Waals surface area contributed by atoms with Gasteiger partial charge in [0.05, 0.1) is 26.4 Å². The Morgan fingerprint density at radius 2 is 0.490 bits per heavy atom. The van der Waals surface area contributed by atoms with Gasteiger partial charge in [0, 0.05) is 25.7 Å². The third kappa shape index (κ3) is 69.8.